The third-order valence-electron chi connectivity index (χ3n) is 11.8. The molecule has 2 spiro atoms. The van der Waals surface area contributed by atoms with Crippen molar-refractivity contribution in [1.29, 1.82) is 0 Å². The number of nitrogens with one attached hydrogen (secondary N) is 2. The van der Waals surface area contributed by atoms with Crippen LogP contribution < -0.4 is 24.8 Å². The Morgan fingerprint density at radius 2 is 1.38 bits per heavy atom. The van der Waals surface area contributed by atoms with Crippen LogP contribution in [-0.4, -0.2) is 94.6 Å². The number of pyridine rings is 1. The van der Waals surface area contributed by atoms with Crippen LogP contribution in [0.3, 0.4) is 0 Å². The van der Waals surface area contributed by atoms with E-state index in [1.807, 2.05) is 12.3 Å². The molecule has 4 saturated heterocycles. The summed E-state index contributed by atoms with van der Waals surface area (Å²) in [5.74, 6) is 2.16. The third kappa shape index (κ3) is 5.38. The van der Waals surface area contributed by atoms with E-state index in [1.54, 1.807) is 14.2 Å². The molecule has 4 fully saturated rings. The zero-order chi connectivity index (χ0) is 35.8. The van der Waals surface area contributed by atoms with E-state index in [9.17, 15) is 9.59 Å². The molecule has 52 heavy (non-hydrogen) atoms. The van der Waals surface area contributed by atoms with Gasteiger partial charge in [-0.25, -0.2) is 9.97 Å². The third-order valence-corrected chi connectivity index (χ3v) is 11.8. The number of hydrogen-bond acceptors (Lipinski definition) is 10. The number of likely N-dealkylation sites (tertiary alicyclic amines) is 2. The summed E-state index contributed by atoms with van der Waals surface area (Å²) >= 11 is 0. The Morgan fingerprint density at radius 3 is 1.98 bits per heavy atom. The van der Waals surface area contributed by atoms with Crippen molar-refractivity contribution in [2.24, 2.45) is 0 Å². The predicted molar refractivity (Wildman–Crippen MR) is 194 cm³/mol. The Kier molecular flexibility index (Phi) is 7.74. The number of fused-ring (bicyclic) bond motifs is 1. The molecule has 0 aliphatic carbocycles. The van der Waals surface area contributed by atoms with Gasteiger partial charge in [-0.05, 0) is 48.9 Å². The van der Waals surface area contributed by atoms with Gasteiger partial charge in [0.25, 0.3) is 0 Å². The molecule has 5 aliphatic rings. The van der Waals surface area contributed by atoms with E-state index in [4.69, 9.17) is 29.2 Å². The molecule has 5 aliphatic heterocycles. The number of aromatic nitrogens is 3. The summed E-state index contributed by atoms with van der Waals surface area (Å²) in [5, 5.41) is 6.32. The van der Waals surface area contributed by atoms with E-state index in [2.05, 4.69) is 70.7 Å². The van der Waals surface area contributed by atoms with Gasteiger partial charge in [0.15, 0.2) is 0 Å². The minimum atomic E-state index is -0.107. The number of nitrogens with zero attached hydrogens (tertiary/aromatic N) is 5. The van der Waals surface area contributed by atoms with Gasteiger partial charge in [-0.2, -0.15) is 0 Å². The van der Waals surface area contributed by atoms with Crippen LogP contribution in [-0.2, 0) is 16.1 Å². The Morgan fingerprint density at radius 1 is 0.808 bits per heavy atom. The van der Waals surface area contributed by atoms with Crippen molar-refractivity contribution in [3.63, 3.8) is 0 Å². The van der Waals surface area contributed by atoms with E-state index in [1.165, 1.54) is 0 Å². The van der Waals surface area contributed by atoms with Crippen LogP contribution in [0.15, 0.2) is 48.7 Å². The van der Waals surface area contributed by atoms with Crippen molar-refractivity contribution in [3.05, 3.63) is 71.0 Å². The number of methoxy groups -OCH3 is 2. The summed E-state index contributed by atoms with van der Waals surface area (Å²) < 4.78 is 17.9. The number of carbonyl (C=O) groups is 2. The monoisotopic (exact) mass is 701 g/mol. The summed E-state index contributed by atoms with van der Waals surface area (Å²) in [6, 6.07) is 14.6. The molecule has 2 aromatic carbocycles. The van der Waals surface area contributed by atoms with Crippen LogP contribution >= 0.6 is 0 Å². The molecule has 2 aromatic heterocycles. The molecule has 0 bridgehead atoms. The van der Waals surface area contributed by atoms with Crippen LogP contribution in [0.4, 0.5) is 0 Å². The molecular formula is C40H43N7O5. The second kappa shape index (κ2) is 12.3. The van der Waals surface area contributed by atoms with Gasteiger partial charge in [0.1, 0.15) is 18.1 Å². The van der Waals surface area contributed by atoms with Crippen molar-refractivity contribution in [3.8, 4) is 51.2 Å². The highest BCUT2D eigenvalue weighted by Crippen LogP contribution is 2.48. The summed E-state index contributed by atoms with van der Waals surface area (Å²) in [4.78, 5) is 43.1. The molecule has 12 heteroatoms. The average molecular weight is 702 g/mol. The van der Waals surface area contributed by atoms with Crippen LogP contribution in [0.5, 0.6) is 17.5 Å². The average Bonchev–Trinajstić information content (AvgIpc) is 3.84. The highest BCUT2D eigenvalue weighted by molar-refractivity contribution is 5.83. The summed E-state index contributed by atoms with van der Waals surface area (Å²) in [7, 11) is 3.30. The fraction of sp³-hybridized carbons (Fsp3) is 0.425. The Bertz CT molecular complexity index is 2120. The fourth-order valence-corrected chi connectivity index (χ4v) is 9.08. The quantitative estimate of drug-likeness (QED) is 0.273. The van der Waals surface area contributed by atoms with E-state index in [0.717, 1.165) is 101 Å². The van der Waals surface area contributed by atoms with E-state index in [0.29, 0.717) is 37.8 Å². The highest BCUT2D eigenvalue weighted by atomic mass is 16.5. The standard InChI is InChI=1S/C40H43N7O5/c1-23-25(7-5-9-27(23)29-15-33-36(38(42-29)51-4)32(18-52-33)47-21-40(22-47)14-12-35(49)45-40)26-8-6-10-28(24(26)2)30-16-41-31(37(43-30)50-3)17-46-19-39(20-46)13-11-34(48)44-39/h5-10,15-16,32H,11-14,17-22H2,1-4H3,(H,44,48)(H,45,49). The molecule has 1 unspecified atom stereocenters. The lowest BCUT2D eigenvalue weighted by Crippen LogP contribution is -2.67. The molecule has 12 nitrogen and oxygen atoms in total. The fourth-order valence-electron chi connectivity index (χ4n) is 9.08. The van der Waals surface area contributed by atoms with Gasteiger partial charge in [-0.15, -0.1) is 0 Å². The van der Waals surface area contributed by atoms with Crippen LogP contribution in [0.1, 0.15) is 54.1 Å². The first-order chi connectivity index (χ1) is 25.2. The van der Waals surface area contributed by atoms with Crippen molar-refractivity contribution in [2.75, 3.05) is 47.0 Å². The zero-order valence-corrected chi connectivity index (χ0v) is 30.0. The lowest BCUT2D eigenvalue weighted by molar-refractivity contribution is -0.121. The molecule has 0 saturated carbocycles. The first-order valence-corrected chi connectivity index (χ1v) is 18.1. The summed E-state index contributed by atoms with van der Waals surface area (Å²) in [6.07, 6.45) is 4.80. The van der Waals surface area contributed by atoms with Gasteiger partial charge < -0.3 is 24.8 Å². The van der Waals surface area contributed by atoms with Crippen LogP contribution in [0, 0.1) is 13.8 Å². The highest BCUT2D eigenvalue weighted by Gasteiger charge is 2.52. The Labute approximate surface area is 302 Å². The van der Waals surface area contributed by atoms with E-state index in [-0.39, 0.29) is 28.9 Å². The largest absolute Gasteiger partial charge is 0.491 e. The SMILES string of the molecule is COc1nc(-c2cccc(-c3cccc(-c4cc5c(c(OC)n4)C(N4CC6(CCC(=O)N6)C4)CO5)c3C)c2C)cnc1CN1CC2(CCC(=O)N2)C1. The molecule has 2 N–H and O–H groups in total. The maximum absolute atomic E-state index is 11.9. The predicted octanol–water partition coefficient (Wildman–Crippen LogP) is 4.37. The van der Waals surface area contributed by atoms with Crippen molar-refractivity contribution in [2.45, 2.75) is 63.2 Å². The zero-order valence-electron chi connectivity index (χ0n) is 30.0. The number of carbonyl (C=O) groups excluding carboxylic acids is 2. The van der Waals surface area contributed by atoms with E-state index >= 15 is 0 Å². The molecule has 1 atom stereocenters. The molecule has 268 valence electrons. The van der Waals surface area contributed by atoms with Gasteiger partial charge in [0, 0.05) is 62.8 Å². The van der Waals surface area contributed by atoms with Gasteiger partial charge in [-0.1, -0.05) is 36.4 Å². The molecule has 7 heterocycles. The first-order valence-electron chi connectivity index (χ1n) is 18.1. The normalized spacial score (nSPS) is 21.3. The minimum Gasteiger partial charge on any atom is -0.491 e. The second-order valence-electron chi connectivity index (χ2n) is 15.1. The van der Waals surface area contributed by atoms with Crippen molar-refractivity contribution < 1.29 is 23.8 Å². The number of benzene rings is 2. The van der Waals surface area contributed by atoms with Gasteiger partial charge in [0.2, 0.25) is 23.6 Å². The molecule has 2 amide bonds. The van der Waals surface area contributed by atoms with Gasteiger partial charge in [0.05, 0.1) is 54.5 Å². The number of rotatable bonds is 8. The number of amides is 2. The van der Waals surface area contributed by atoms with E-state index < -0.39 is 0 Å². The number of ether oxygens (including phenoxy) is 3. The maximum Gasteiger partial charge on any atom is 0.237 e. The van der Waals surface area contributed by atoms with Gasteiger partial charge in [-0.3, -0.25) is 24.4 Å². The molecular weight excluding hydrogens is 658 g/mol. The lowest BCUT2D eigenvalue weighted by atomic mass is 9.86. The van der Waals surface area contributed by atoms with Crippen LogP contribution in [0.2, 0.25) is 0 Å². The topological polar surface area (TPSA) is 131 Å². The minimum absolute atomic E-state index is 0.0345. The molecule has 0 radical (unpaired) electrons. The Balaban J connectivity index is 0.973. The van der Waals surface area contributed by atoms with Gasteiger partial charge >= 0.3 is 0 Å². The maximum atomic E-state index is 11.9. The Hall–Kier alpha value is -5.07. The smallest absolute Gasteiger partial charge is 0.237 e. The molecule has 4 aromatic rings. The van der Waals surface area contributed by atoms with Crippen molar-refractivity contribution >= 4 is 11.8 Å². The second-order valence-corrected chi connectivity index (χ2v) is 15.1. The van der Waals surface area contributed by atoms with Crippen LogP contribution in [0.25, 0.3) is 33.6 Å². The first kappa shape index (κ1) is 32.8. The van der Waals surface area contributed by atoms with Crippen molar-refractivity contribution in [1.82, 2.24) is 35.4 Å². The number of hydrogen-bond donors (Lipinski definition) is 2. The molecule has 9 rings (SSSR count). The summed E-state index contributed by atoms with van der Waals surface area (Å²) in [5.41, 5.74) is 9.48. The lowest BCUT2D eigenvalue weighted by Gasteiger charge is -2.50. The summed E-state index contributed by atoms with van der Waals surface area (Å²) in [6.45, 7) is 8.63.